The number of aromatic nitrogens is 2. The Hall–Kier alpha value is -4.04. The van der Waals surface area contributed by atoms with Crippen molar-refractivity contribution in [3.05, 3.63) is 99.8 Å². The molecule has 1 N–H and O–H groups in total. The summed E-state index contributed by atoms with van der Waals surface area (Å²) in [7, 11) is 0. The lowest BCUT2D eigenvalue weighted by Crippen LogP contribution is -2.22. The van der Waals surface area contributed by atoms with E-state index in [4.69, 9.17) is 4.74 Å². The van der Waals surface area contributed by atoms with Gasteiger partial charge in [0.15, 0.2) is 6.61 Å². The summed E-state index contributed by atoms with van der Waals surface area (Å²) in [5, 5.41) is 9.14. The van der Waals surface area contributed by atoms with Crippen LogP contribution in [0, 0.1) is 19.7 Å². The van der Waals surface area contributed by atoms with E-state index in [1.165, 1.54) is 23.5 Å². The molecule has 172 valence electrons. The zero-order valence-corrected chi connectivity index (χ0v) is 19.4. The van der Waals surface area contributed by atoms with E-state index in [0.717, 1.165) is 11.4 Å². The first-order valence-corrected chi connectivity index (χ1v) is 11.4. The number of halogens is 1. The second-order valence-electron chi connectivity index (χ2n) is 7.50. The van der Waals surface area contributed by atoms with E-state index in [1.54, 1.807) is 35.9 Å². The normalized spacial score (nSPS) is 11.3. The van der Waals surface area contributed by atoms with Gasteiger partial charge < -0.3 is 10.1 Å². The third-order valence-corrected chi connectivity index (χ3v) is 5.98. The van der Waals surface area contributed by atoms with E-state index < -0.39 is 18.5 Å². The minimum absolute atomic E-state index is 0.290. The molecule has 0 saturated carbocycles. The highest BCUT2D eigenvalue weighted by Gasteiger charge is 2.19. The lowest BCUT2D eigenvalue weighted by atomic mass is 10.1. The van der Waals surface area contributed by atoms with Gasteiger partial charge in [0, 0.05) is 4.88 Å². The van der Waals surface area contributed by atoms with Crippen molar-refractivity contribution in [2.45, 2.75) is 13.8 Å². The fourth-order valence-electron chi connectivity index (χ4n) is 3.42. The minimum atomic E-state index is -0.643. The number of benzene rings is 2. The number of hydrogen-bond acceptors (Lipinski definition) is 5. The highest BCUT2D eigenvalue weighted by Crippen LogP contribution is 2.25. The van der Waals surface area contributed by atoms with Crippen LogP contribution in [0.3, 0.4) is 0 Å². The molecule has 4 rings (SSSR count). The maximum Gasteiger partial charge on any atom is 0.340 e. The van der Waals surface area contributed by atoms with Crippen LogP contribution in [0.1, 0.15) is 21.8 Å². The molecule has 2 heterocycles. The van der Waals surface area contributed by atoms with Crippen LogP contribution in [0.2, 0.25) is 0 Å². The zero-order valence-electron chi connectivity index (χ0n) is 18.6. The van der Waals surface area contributed by atoms with Gasteiger partial charge in [-0.2, -0.15) is 5.10 Å². The van der Waals surface area contributed by atoms with Crippen molar-refractivity contribution in [3.63, 3.8) is 0 Å². The topological polar surface area (TPSA) is 73.2 Å². The standard InChI is InChI=1S/C26H22FN3O3S/c1-17-25(18(2)30(29-17)21-7-4-3-5-8-21)28-24(31)16-33-26(32)22(23-9-6-14-34-23)15-19-10-12-20(27)13-11-19/h3-15H,16H2,1-2H3,(H,28,31). The average Bonchev–Trinajstić information content (AvgIpc) is 3.47. The highest BCUT2D eigenvalue weighted by molar-refractivity contribution is 7.11. The summed E-state index contributed by atoms with van der Waals surface area (Å²) in [5.41, 5.74) is 3.80. The molecule has 6 nitrogen and oxygen atoms in total. The summed E-state index contributed by atoms with van der Waals surface area (Å²) < 4.78 is 20.3. The number of para-hydroxylation sites is 1. The summed E-state index contributed by atoms with van der Waals surface area (Å²) in [6, 6.07) is 19.0. The Morgan fingerprint density at radius 2 is 1.79 bits per heavy atom. The molecule has 0 saturated heterocycles. The fourth-order valence-corrected chi connectivity index (χ4v) is 4.15. The number of nitrogens with zero attached hydrogens (tertiary/aromatic N) is 2. The molecule has 2 aromatic carbocycles. The Labute approximate surface area is 200 Å². The third kappa shape index (κ3) is 5.29. The fraction of sp³-hybridized carbons (Fsp3) is 0.115. The number of rotatable bonds is 7. The lowest BCUT2D eigenvalue weighted by molar-refractivity contribution is -0.141. The van der Waals surface area contributed by atoms with Crippen LogP contribution in [0.4, 0.5) is 10.1 Å². The Morgan fingerprint density at radius 1 is 1.06 bits per heavy atom. The predicted molar refractivity (Wildman–Crippen MR) is 131 cm³/mol. The van der Waals surface area contributed by atoms with Crippen molar-refractivity contribution < 1.29 is 18.7 Å². The van der Waals surface area contributed by atoms with E-state index in [0.29, 0.717) is 27.4 Å². The van der Waals surface area contributed by atoms with Crippen molar-refractivity contribution in [3.8, 4) is 5.69 Å². The number of aryl methyl sites for hydroxylation is 1. The molecule has 0 aliphatic rings. The van der Waals surface area contributed by atoms with Gasteiger partial charge in [-0.25, -0.2) is 13.9 Å². The summed E-state index contributed by atoms with van der Waals surface area (Å²) in [5.74, 6) is -1.48. The SMILES string of the molecule is Cc1nn(-c2ccccc2)c(C)c1NC(=O)COC(=O)C(=Cc1ccc(F)cc1)c1cccs1. The van der Waals surface area contributed by atoms with Crippen molar-refractivity contribution in [2.75, 3.05) is 11.9 Å². The number of carbonyl (C=O) groups is 2. The maximum atomic E-state index is 13.2. The molecule has 0 aliphatic heterocycles. The Bertz CT molecular complexity index is 1330. The number of amides is 1. The van der Waals surface area contributed by atoms with Crippen LogP contribution in [0.15, 0.2) is 72.1 Å². The summed E-state index contributed by atoms with van der Waals surface area (Å²) in [6.45, 7) is 3.20. The van der Waals surface area contributed by atoms with Gasteiger partial charge in [-0.15, -0.1) is 11.3 Å². The molecule has 0 bridgehead atoms. The number of anilines is 1. The Morgan fingerprint density at radius 3 is 2.47 bits per heavy atom. The second kappa shape index (κ2) is 10.3. The molecule has 8 heteroatoms. The third-order valence-electron chi connectivity index (χ3n) is 5.08. The number of carbonyl (C=O) groups excluding carboxylic acids is 2. The number of esters is 1. The van der Waals surface area contributed by atoms with Gasteiger partial charge in [0.1, 0.15) is 5.82 Å². The Kier molecular flexibility index (Phi) is 6.98. The van der Waals surface area contributed by atoms with Crippen molar-refractivity contribution in [1.82, 2.24) is 9.78 Å². The number of hydrogen-bond donors (Lipinski definition) is 1. The monoisotopic (exact) mass is 475 g/mol. The molecule has 0 aliphatic carbocycles. The van der Waals surface area contributed by atoms with Gasteiger partial charge in [-0.1, -0.05) is 36.4 Å². The van der Waals surface area contributed by atoms with E-state index in [9.17, 15) is 14.0 Å². The molecule has 34 heavy (non-hydrogen) atoms. The first kappa shape index (κ1) is 23.1. The van der Waals surface area contributed by atoms with E-state index in [2.05, 4.69) is 10.4 Å². The van der Waals surface area contributed by atoms with E-state index >= 15 is 0 Å². The average molecular weight is 476 g/mol. The van der Waals surface area contributed by atoms with Gasteiger partial charge >= 0.3 is 5.97 Å². The number of nitrogens with one attached hydrogen (secondary N) is 1. The van der Waals surface area contributed by atoms with Crippen molar-refractivity contribution >= 4 is 40.5 Å². The van der Waals surface area contributed by atoms with Crippen LogP contribution in [-0.2, 0) is 14.3 Å². The first-order valence-electron chi connectivity index (χ1n) is 10.5. The molecule has 0 atom stereocenters. The van der Waals surface area contributed by atoms with Crippen LogP contribution >= 0.6 is 11.3 Å². The van der Waals surface area contributed by atoms with Gasteiger partial charge in [0.2, 0.25) is 0 Å². The number of ether oxygens (including phenoxy) is 1. The largest absolute Gasteiger partial charge is 0.452 e. The summed E-state index contributed by atoms with van der Waals surface area (Å²) in [4.78, 5) is 26.1. The maximum absolute atomic E-state index is 13.2. The molecule has 0 spiro atoms. The minimum Gasteiger partial charge on any atom is -0.452 e. The lowest BCUT2D eigenvalue weighted by Gasteiger charge is -2.09. The van der Waals surface area contributed by atoms with Gasteiger partial charge in [-0.05, 0) is 61.2 Å². The molecular formula is C26H22FN3O3S. The molecule has 2 aromatic heterocycles. The van der Waals surface area contributed by atoms with Gasteiger partial charge in [-0.3, -0.25) is 4.79 Å². The molecule has 0 radical (unpaired) electrons. The van der Waals surface area contributed by atoms with Crippen LogP contribution in [0.25, 0.3) is 17.3 Å². The van der Waals surface area contributed by atoms with Crippen molar-refractivity contribution in [2.24, 2.45) is 0 Å². The molecule has 1 amide bonds. The molecule has 0 fully saturated rings. The summed E-state index contributed by atoms with van der Waals surface area (Å²) in [6.07, 6.45) is 1.61. The van der Waals surface area contributed by atoms with Gasteiger partial charge in [0.05, 0.1) is 28.3 Å². The molecule has 4 aromatic rings. The molecule has 0 unspecified atom stereocenters. The number of thiophene rings is 1. The Balaban J connectivity index is 1.46. The van der Waals surface area contributed by atoms with E-state index in [1.807, 2.05) is 48.7 Å². The van der Waals surface area contributed by atoms with E-state index in [-0.39, 0.29) is 5.82 Å². The van der Waals surface area contributed by atoms with Crippen molar-refractivity contribution in [1.29, 1.82) is 0 Å². The quantitative estimate of drug-likeness (QED) is 0.286. The van der Waals surface area contributed by atoms with Crippen LogP contribution in [-0.4, -0.2) is 28.3 Å². The van der Waals surface area contributed by atoms with Gasteiger partial charge in [0.25, 0.3) is 5.91 Å². The smallest absolute Gasteiger partial charge is 0.340 e. The predicted octanol–water partition coefficient (Wildman–Crippen LogP) is 5.41. The highest BCUT2D eigenvalue weighted by atomic mass is 32.1. The van der Waals surface area contributed by atoms with Crippen LogP contribution in [0.5, 0.6) is 0 Å². The van der Waals surface area contributed by atoms with Crippen LogP contribution < -0.4 is 5.32 Å². The molecular weight excluding hydrogens is 453 g/mol. The second-order valence-corrected chi connectivity index (χ2v) is 8.45. The first-order chi connectivity index (χ1) is 16.4. The zero-order chi connectivity index (χ0) is 24.1. The summed E-state index contributed by atoms with van der Waals surface area (Å²) >= 11 is 1.37.